The molecule has 0 bridgehead atoms. The monoisotopic (exact) mass is 243 g/mol. The Bertz CT molecular complexity index is 566. The molecule has 1 aliphatic carbocycles. The van der Waals surface area contributed by atoms with Gasteiger partial charge in [-0.3, -0.25) is 4.79 Å². The number of H-pyrrole nitrogens is 1. The number of nitrogens with zero attached hydrogens (tertiary/aromatic N) is 2. The largest absolute Gasteiger partial charge is 0.348 e. The summed E-state index contributed by atoms with van der Waals surface area (Å²) in [6.45, 7) is 3.00. The van der Waals surface area contributed by atoms with Gasteiger partial charge < -0.3 is 9.55 Å². The molecular formula is C14H17N3O. The maximum Gasteiger partial charge on any atom is 0.164 e. The highest BCUT2D eigenvalue weighted by molar-refractivity contribution is 5.98. The fourth-order valence-electron chi connectivity index (χ4n) is 2.76. The molecule has 0 amide bonds. The summed E-state index contributed by atoms with van der Waals surface area (Å²) in [7, 11) is 0. The molecule has 18 heavy (non-hydrogen) atoms. The second-order valence-electron chi connectivity index (χ2n) is 4.90. The smallest absolute Gasteiger partial charge is 0.164 e. The predicted molar refractivity (Wildman–Crippen MR) is 68.7 cm³/mol. The van der Waals surface area contributed by atoms with Crippen molar-refractivity contribution in [2.45, 2.75) is 39.2 Å². The number of hydrogen-bond acceptors (Lipinski definition) is 2. The van der Waals surface area contributed by atoms with Gasteiger partial charge >= 0.3 is 0 Å². The standard InChI is InChI=1S/C14H17N3O/c1-10-7-12-13(3-2-4-14(12)18)17(10)6-5-11-8-15-9-16-11/h7-9H,2-6H2,1H3,(H,15,16). The molecule has 4 heteroatoms. The number of nitrogens with one attached hydrogen (secondary N) is 1. The molecule has 1 N–H and O–H groups in total. The molecule has 94 valence electrons. The molecule has 0 saturated heterocycles. The number of imidazole rings is 1. The van der Waals surface area contributed by atoms with Gasteiger partial charge in [0.15, 0.2) is 5.78 Å². The number of rotatable bonds is 3. The van der Waals surface area contributed by atoms with Crippen molar-refractivity contribution in [2.75, 3.05) is 0 Å². The Hall–Kier alpha value is -1.84. The van der Waals surface area contributed by atoms with E-state index in [2.05, 4.69) is 21.5 Å². The first-order valence-corrected chi connectivity index (χ1v) is 6.45. The molecule has 2 heterocycles. The third kappa shape index (κ3) is 1.88. The lowest BCUT2D eigenvalue weighted by Crippen LogP contribution is -2.14. The number of fused-ring (bicyclic) bond motifs is 1. The van der Waals surface area contributed by atoms with Crippen LogP contribution in [0.1, 0.15) is 40.3 Å². The first-order chi connectivity index (χ1) is 8.75. The van der Waals surface area contributed by atoms with Gasteiger partial charge in [-0.25, -0.2) is 4.98 Å². The zero-order valence-electron chi connectivity index (χ0n) is 10.6. The van der Waals surface area contributed by atoms with Crippen LogP contribution in [-0.2, 0) is 19.4 Å². The Kier molecular flexibility index (Phi) is 2.78. The average molecular weight is 243 g/mol. The van der Waals surface area contributed by atoms with Crippen molar-refractivity contribution in [3.8, 4) is 0 Å². The van der Waals surface area contributed by atoms with E-state index in [4.69, 9.17) is 0 Å². The summed E-state index contributed by atoms with van der Waals surface area (Å²) < 4.78 is 2.28. The lowest BCUT2D eigenvalue weighted by atomic mass is 9.96. The van der Waals surface area contributed by atoms with Crippen LogP contribution < -0.4 is 0 Å². The molecule has 0 radical (unpaired) electrons. The first-order valence-electron chi connectivity index (χ1n) is 6.45. The number of aromatic amines is 1. The number of aryl methyl sites for hydroxylation is 2. The molecule has 1 aliphatic rings. The quantitative estimate of drug-likeness (QED) is 0.899. The molecule has 0 saturated carbocycles. The van der Waals surface area contributed by atoms with E-state index in [1.54, 1.807) is 6.33 Å². The summed E-state index contributed by atoms with van der Waals surface area (Å²) in [6.07, 6.45) is 7.21. The Morgan fingerprint density at radius 2 is 2.33 bits per heavy atom. The third-order valence-electron chi connectivity index (χ3n) is 3.69. The summed E-state index contributed by atoms with van der Waals surface area (Å²) in [5.41, 5.74) is 4.50. The summed E-state index contributed by atoms with van der Waals surface area (Å²) in [6, 6.07) is 2.05. The van der Waals surface area contributed by atoms with Crippen molar-refractivity contribution >= 4 is 5.78 Å². The van der Waals surface area contributed by atoms with Crippen molar-refractivity contribution < 1.29 is 4.79 Å². The SMILES string of the molecule is Cc1cc2c(n1CCc1cnc[nH]1)CCCC2=O. The molecule has 0 atom stereocenters. The Morgan fingerprint density at radius 1 is 1.44 bits per heavy atom. The highest BCUT2D eigenvalue weighted by Gasteiger charge is 2.22. The van der Waals surface area contributed by atoms with Crippen LogP contribution in [0.15, 0.2) is 18.6 Å². The van der Waals surface area contributed by atoms with Crippen molar-refractivity contribution in [3.05, 3.63) is 41.2 Å². The van der Waals surface area contributed by atoms with Crippen LogP contribution in [0, 0.1) is 6.92 Å². The minimum Gasteiger partial charge on any atom is -0.348 e. The molecule has 0 unspecified atom stereocenters. The number of aromatic nitrogens is 3. The van der Waals surface area contributed by atoms with Gasteiger partial charge in [0.1, 0.15) is 0 Å². The average Bonchev–Trinajstić information content (AvgIpc) is 2.95. The van der Waals surface area contributed by atoms with Crippen LogP contribution in [0.2, 0.25) is 0 Å². The van der Waals surface area contributed by atoms with Crippen LogP contribution in [0.3, 0.4) is 0 Å². The zero-order chi connectivity index (χ0) is 12.5. The Labute approximate surface area is 106 Å². The topological polar surface area (TPSA) is 50.7 Å². The predicted octanol–water partition coefficient (Wildman–Crippen LogP) is 2.28. The van der Waals surface area contributed by atoms with Gasteiger partial charge in [-0.1, -0.05) is 0 Å². The van der Waals surface area contributed by atoms with E-state index in [1.807, 2.05) is 12.3 Å². The van der Waals surface area contributed by atoms with Crippen LogP contribution in [-0.4, -0.2) is 20.3 Å². The highest BCUT2D eigenvalue weighted by Crippen LogP contribution is 2.25. The van der Waals surface area contributed by atoms with E-state index in [0.717, 1.165) is 37.1 Å². The van der Waals surface area contributed by atoms with E-state index in [1.165, 1.54) is 11.4 Å². The molecule has 4 nitrogen and oxygen atoms in total. The lowest BCUT2D eigenvalue weighted by Gasteiger charge is -2.15. The summed E-state index contributed by atoms with van der Waals surface area (Å²) in [4.78, 5) is 19.0. The van der Waals surface area contributed by atoms with Gasteiger partial charge in [-0.15, -0.1) is 0 Å². The van der Waals surface area contributed by atoms with Gasteiger partial charge in [-0.05, 0) is 25.8 Å². The summed E-state index contributed by atoms with van der Waals surface area (Å²) in [5, 5.41) is 0. The van der Waals surface area contributed by atoms with Gasteiger partial charge in [0.05, 0.1) is 6.33 Å². The fourth-order valence-corrected chi connectivity index (χ4v) is 2.76. The van der Waals surface area contributed by atoms with Crippen LogP contribution in [0.4, 0.5) is 0 Å². The number of Topliss-reactive ketones (excluding diaryl/α,β-unsaturated/α-hetero) is 1. The van der Waals surface area contributed by atoms with Crippen molar-refractivity contribution in [2.24, 2.45) is 0 Å². The maximum absolute atomic E-state index is 11.9. The minimum atomic E-state index is 0.305. The van der Waals surface area contributed by atoms with E-state index in [-0.39, 0.29) is 0 Å². The summed E-state index contributed by atoms with van der Waals surface area (Å²) >= 11 is 0. The first kappa shape index (κ1) is 11.3. The lowest BCUT2D eigenvalue weighted by molar-refractivity contribution is 0.0972. The van der Waals surface area contributed by atoms with Gasteiger partial charge in [-0.2, -0.15) is 0 Å². The fraction of sp³-hybridized carbons (Fsp3) is 0.429. The molecule has 0 aromatic carbocycles. The van der Waals surface area contributed by atoms with Crippen molar-refractivity contribution in [3.63, 3.8) is 0 Å². The van der Waals surface area contributed by atoms with Crippen molar-refractivity contribution in [1.29, 1.82) is 0 Å². The van der Waals surface area contributed by atoms with E-state index >= 15 is 0 Å². The van der Waals surface area contributed by atoms with Gasteiger partial charge in [0, 0.05) is 48.2 Å². The molecule has 0 fully saturated rings. The van der Waals surface area contributed by atoms with E-state index < -0.39 is 0 Å². The van der Waals surface area contributed by atoms with Gasteiger partial charge in [0.2, 0.25) is 0 Å². The van der Waals surface area contributed by atoms with Crippen LogP contribution in [0.5, 0.6) is 0 Å². The molecule has 2 aromatic heterocycles. The summed E-state index contributed by atoms with van der Waals surface area (Å²) in [5.74, 6) is 0.305. The second-order valence-corrected chi connectivity index (χ2v) is 4.90. The number of carbonyl (C=O) groups is 1. The number of ketones is 1. The van der Waals surface area contributed by atoms with E-state index in [0.29, 0.717) is 12.2 Å². The van der Waals surface area contributed by atoms with Gasteiger partial charge in [0.25, 0.3) is 0 Å². The second kappa shape index (κ2) is 4.44. The Balaban J connectivity index is 1.85. The minimum absolute atomic E-state index is 0.305. The van der Waals surface area contributed by atoms with Crippen LogP contribution in [0.25, 0.3) is 0 Å². The normalized spacial score (nSPS) is 14.8. The van der Waals surface area contributed by atoms with E-state index in [9.17, 15) is 4.79 Å². The number of hydrogen-bond donors (Lipinski definition) is 1. The molecule has 3 rings (SSSR count). The maximum atomic E-state index is 11.9. The van der Waals surface area contributed by atoms with Crippen LogP contribution >= 0.6 is 0 Å². The molecular weight excluding hydrogens is 226 g/mol. The zero-order valence-corrected chi connectivity index (χ0v) is 10.6. The molecule has 0 spiro atoms. The third-order valence-corrected chi connectivity index (χ3v) is 3.69. The molecule has 2 aromatic rings. The highest BCUT2D eigenvalue weighted by atomic mass is 16.1. The molecule has 0 aliphatic heterocycles. The van der Waals surface area contributed by atoms with Crippen molar-refractivity contribution in [1.82, 2.24) is 14.5 Å². The Morgan fingerprint density at radius 3 is 3.11 bits per heavy atom. The number of carbonyl (C=O) groups excluding carboxylic acids is 1.